The zero-order valence-corrected chi connectivity index (χ0v) is 19.0. The average Bonchev–Trinajstić information content (AvgIpc) is 3.21. The van der Waals surface area contributed by atoms with Gasteiger partial charge in [0.25, 0.3) is 0 Å². The summed E-state index contributed by atoms with van der Waals surface area (Å²) in [4.78, 5) is 18.6. The number of rotatable bonds is 7. The van der Waals surface area contributed by atoms with Gasteiger partial charge in [0.2, 0.25) is 0 Å². The third kappa shape index (κ3) is 6.29. The number of aliphatic carboxylic acids is 1. The minimum absolute atomic E-state index is 0.118. The first kappa shape index (κ1) is 22.7. The van der Waals surface area contributed by atoms with Gasteiger partial charge in [-0.1, -0.05) is 29.4 Å². The van der Waals surface area contributed by atoms with Gasteiger partial charge in [0.1, 0.15) is 6.10 Å². The number of carboxylic acids is 1. The highest BCUT2D eigenvalue weighted by Crippen LogP contribution is 2.28. The molecule has 0 aromatic heterocycles. The van der Waals surface area contributed by atoms with Gasteiger partial charge in [-0.15, -0.1) is 0 Å². The van der Waals surface area contributed by atoms with Crippen LogP contribution < -0.4 is 0 Å². The first-order chi connectivity index (χ1) is 15.4. The number of hydrazone groups is 1. The summed E-state index contributed by atoms with van der Waals surface area (Å²) >= 11 is 0. The number of nitrogens with zero attached hydrogens (tertiary/aromatic N) is 4. The standard InChI is InChI=1S/C24H34N4O4/c1-17-14-28(15-18(2)31-17)25-13-20-3-5-21(6-4-20)23-12-22(32-26-23)11-19-7-9-27(10-8-19)16-24(29)30/h3-6,13,17-19,22H,7-12,14-16H2,1-2H3,(H,29,30)/t17-,18+,22?. The molecule has 2 fully saturated rings. The quantitative estimate of drug-likeness (QED) is 0.654. The number of piperidine rings is 1. The Kier molecular flexibility index (Phi) is 7.42. The molecule has 0 aliphatic carbocycles. The van der Waals surface area contributed by atoms with E-state index in [2.05, 4.69) is 53.4 Å². The van der Waals surface area contributed by atoms with Gasteiger partial charge in [-0.2, -0.15) is 5.10 Å². The van der Waals surface area contributed by atoms with E-state index in [1.54, 1.807) is 0 Å². The fourth-order valence-electron chi connectivity index (χ4n) is 4.82. The molecular weight excluding hydrogens is 408 g/mol. The van der Waals surface area contributed by atoms with Crippen LogP contribution in [0.2, 0.25) is 0 Å². The van der Waals surface area contributed by atoms with Gasteiger partial charge in [-0.3, -0.25) is 14.7 Å². The Labute approximate surface area is 189 Å². The van der Waals surface area contributed by atoms with Gasteiger partial charge in [0, 0.05) is 6.42 Å². The number of carbonyl (C=O) groups is 1. The Morgan fingerprint density at radius 1 is 1.19 bits per heavy atom. The van der Waals surface area contributed by atoms with E-state index < -0.39 is 5.97 Å². The molecule has 3 aliphatic rings. The fourth-order valence-corrected chi connectivity index (χ4v) is 4.82. The van der Waals surface area contributed by atoms with Crippen molar-refractivity contribution in [2.75, 3.05) is 32.7 Å². The lowest BCUT2D eigenvalue weighted by atomic mass is 9.89. The highest BCUT2D eigenvalue weighted by molar-refractivity contribution is 6.01. The van der Waals surface area contributed by atoms with E-state index in [1.165, 1.54) is 0 Å². The number of benzene rings is 1. The Bertz CT molecular complexity index is 823. The lowest BCUT2D eigenvalue weighted by Crippen LogP contribution is -2.42. The second kappa shape index (κ2) is 10.4. The molecule has 174 valence electrons. The van der Waals surface area contributed by atoms with Gasteiger partial charge in [0.05, 0.1) is 43.8 Å². The summed E-state index contributed by atoms with van der Waals surface area (Å²) in [6.07, 6.45) is 6.27. The minimum Gasteiger partial charge on any atom is -0.480 e. The Morgan fingerprint density at radius 2 is 1.88 bits per heavy atom. The summed E-state index contributed by atoms with van der Waals surface area (Å²) in [5.74, 6) is -0.174. The molecule has 1 unspecified atom stereocenters. The molecule has 32 heavy (non-hydrogen) atoms. The maximum Gasteiger partial charge on any atom is 0.317 e. The summed E-state index contributed by atoms with van der Waals surface area (Å²) in [6.45, 7) is 7.62. The summed E-state index contributed by atoms with van der Waals surface area (Å²) in [5, 5.41) is 20.0. The number of hydrogen-bond acceptors (Lipinski definition) is 7. The third-order valence-corrected chi connectivity index (χ3v) is 6.41. The summed E-state index contributed by atoms with van der Waals surface area (Å²) in [6, 6.07) is 8.31. The van der Waals surface area contributed by atoms with Crippen molar-refractivity contribution in [3.63, 3.8) is 0 Å². The van der Waals surface area contributed by atoms with E-state index in [0.29, 0.717) is 5.92 Å². The van der Waals surface area contributed by atoms with Crippen LogP contribution in [-0.2, 0) is 14.4 Å². The maximum atomic E-state index is 10.9. The zero-order valence-electron chi connectivity index (χ0n) is 19.0. The molecule has 1 aromatic carbocycles. The van der Waals surface area contributed by atoms with E-state index in [9.17, 15) is 4.79 Å². The van der Waals surface area contributed by atoms with Gasteiger partial charge in [0.15, 0.2) is 0 Å². The molecule has 1 N–H and O–H groups in total. The van der Waals surface area contributed by atoms with Crippen molar-refractivity contribution >= 4 is 17.9 Å². The smallest absolute Gasteiger partial charge is 0.317 e. The number of carboxylic acid groups (broad SMARTS) is 1. The summed E-state index contributed by atoms with van der Waals surface area (Å²) < 4.78 is 5.75. The molecular formula is C24H34N4O4. The van der Waals surface area contributed by atoms with Gasteiger partial charge >= 0.3 is 5.97 Å². The zero-order chi connectivity index (χ0) is 22.5. The topological polar surface area (TPSA) is 87.0 Å². The average molecular weight is 443 g/mol. The molecule has 3 aliphatic heterocycles. The van der Waals surface area contributed by atoms with Crippen molar-refractivity contribution in [2.24, 2.45) is 16.2 Å². The molecule has 2 saturated heterocycles. The van der Waals surface area contributed by atoms with Crippen molar-refractivity contribution in [1.29, 1.82) is 0 Å². The highest BCUT2D eigenvalue weighted by Gasteiger charge is 2.28. The van der Waals surface area contributed by atoms with Crippen LogP contribution in [0, 0.1) is 5.92 Å². The highest BCUT2D eigenvalue weighted by atomic mass is 16.6. The molecule has 0 bridgehead atoms. The molecule has 0 saturated carbocycles. The van der Waals surface area contributed by atoms with Crippen LogP contribution in [0.15, 0.2) is 34.5 Å². The maximum absolute atomic E-state index is 10.9. The van der Waals surface area contributed by atoms with Crippen molar-refractivity contribution in [3.8, 4) is 0 Å². The SMILES string of the molecule is C[C@@H]1CN(N=Cc2ccc(C3=NOC(CC4CCN(CC(=O)O)CC4)C3)cc2)C[C@H](C)O1. The second-order valence-corrected chi connectivity index (χ2v) is 9.31. The lowest BCUT2D eigenvalue weighted by Gasteiger charge is -2.33. The van der Waals surface area contributed by atoms with E-state index in [-0.39, 0.29) is 24.9 Å². The Hall–Kier alpha value is -2.45. The van der Waals surface area contributed by atoms with Crippen LogP contribution in [0.3, 0.4) is 0 Å². The monoisotopic (exact) mass is 442 g/mol. The van der Waals surface area contributed by atoms with Crippen LogP contribution in [0.25, 0.3) is 0 Å². The molecule has 0 amide bonds. The number of ether oxygens (including phenoxy) is 1. The first-order valence-electron chi connectivity index (χ1n) is 11.7. The third-order valence-electron chi connectivity index (χ3n) is 6.41. The molecule has 3 atom stereocenters. The molecule has 0 radical (unpaired) electrons. The van der Waals surface area contributed by atoms with E-state index >= 15 is 0 Å². The molecule has 4 rings (SSSR count). The van der Waals surface area contributed by atoms with Crippen molar-refractivity contribution in [2.45, 2.75) is 57.8 Å². The lowest BCUT2D eigenvalue weighted by molar-refractivity contribution is -0.138. The number of morpholine rings is 1. The molecule has 8 heteroatoms. The largest absolute Gasteiger partial charge is 0.480 e. The van der Waals surface area contributed by atoms with Gasteiger partial charge in [-0.05, 0) is 63.2 Å². The summed E-state index contributed by atoms with van der Waals surface area (Å²) in [5.41, 5.74) is 3.15. The predicted molar refractivity (Wildman–Crippen MR) is 123 cm³/mol. The minimum atomic E-state index is -0.747. The van der Waals surface area contributed by atoms with E-state index in [0.717, 1.165) is 68.7 Å². The number of hydrogen-bond donors (Lipinski definition) is 1. The van der Waals surface area contributed by atoms with Crippen molar-refractivity contribution in [3.05, 3.63) is 35.4 Å². The van der Waals surface area contributed by atoms with Crippen LogP contribution in [-0.4, -0.2) is 83.9 Å². The Balaban J connectivity index is 1.23. The van der Waals surface area contributed by atoms with Crippen LogP contribution in [0.4, 0.5) is 0 Å². The first-order valence-corrected chi connectivity index (χ1v) is 11.7. The molecule has 0 spiro atoms. The summed E-state index contributed by atoms with van der Waals surface area (Å²) in [7, 11) is 0. The van der Waals surface area contributed by atoms with Crippen LogP contribution in [0.1, 0.15) is 50.7 Å². The van der Waals surface area contributed by atoms with Gasteiger partial charge < -0.3 is 14.7 Å². The second-order valence-electron chi connectivity index (χ2n) is 9.31. The van der Waals surface area contributed by atoms with Crippen molar-refractivity contribution in [1.82, 2.24) is 9.91 Å². The predicted octanol–water partition coefficient (Wildman–Crippen LogP) is 2.81. The fraction of sp³-hybridized carbons (Fsp3) is 0.625. The van der Waals surface area contributed by atoms with Crippen LogP contribution >= 0.6 is 0 Å². The number of likely N-dealkylation sites (tertiary alicyclic amines) is 1. The van der Waals surface area contributed by atoms with Crippen LogP contribution in [0.5, 0.6) is 0 Å². The van der Waals surface area contributed by atoms with E-state index in [4.69, 9.17) is 14.7 Å². The normalized spacial score (nSPS) is 27.5. The number of oxime groups is 1. The van der Waals surface area contributed by atoms with Crippen molar-refractivity contribution < 1.29 is 19.5 Å². The molecule has 3 heterocycles. The van der Waals surface area contributed by atoms with E-state index in [1.807, 2.05) is 11.1 Å². The molecule has 1 aromatic rings. The Morgan fingerprint density at radius 3 is 2.53 bits per heavy atom. The molecule has 8 nitrogen and oxygen atoms in total. The van der Waals surface area contributed by atoms with Gasteiger partial charge in [-0.25, -0.2) is 0 Å².